The normalized spacial score (nSPS) is 11.2. The molecule has 17 heavy (non-hydrogen) atoms. The molecule has 0 spiro atoms. The second-order valence-electron chi connectivity index (χ2n) is 4.69. The zero-order valence-electron chi connectivity index (χ0n) is 10.1. The van der Waals surface area contributed by atoms with Crippen molar-refractivity contribution in [2.45, 2.75) is 13.8 Å². The van der Waals surface area contributed by atoms with Gasteiger partial charge in [0.1, 0.15) is 5.56 Å². The van der Waals surface area contributed by atoms with Crippen LogP contribution in [0.1, 0.15) is 24.2 Å². The van der Waals surface area contributed by atoms with E-state index >= 15 is 0 Å². The van der Waals surface area contributed by atoms with Gasteiger partial charge in [-0.15, -0.1) is 0 Å². The van der Waals surface area contributed by atoms with E-state index in [1.807, 2.05) is 13.8 Å². The molecule has 0 saturated carbocycles. The van der Waals surface area contributed by atoms with Crippen molar-refractivity contribution in [2.75, 3.05) is 18.9 Å². The van der Waals surface area contributed by atoms with Gasteiger partial charge < -0.3 is 21.3 Å². The molecular weight excluding hydrogens is 220 g/mol. The molecule has 0 unspecified atom stereocenters. The Morgan fingerprint density at radius 3 is 2.65 bits per heavy atom. The smallest absolute Gasteiger partial charge is 0.339 e. The summed E-state index contributed by atoms with van der Waals surface area (Å²) in [6.45, 7) is 4.64. The number of hydrogen-bond donors (Lipinski definition) is 3. The molecule has 1 aromatic rings. The zero-order chi connectivity index (χ0) is 13.1. The molecule has 0 heterocycles. The largest absolute Gasteiger partial charge is 0.490 e. The summed E-state index contributed by atoms with van der Waals surface area (Å²) in [5, 5.41) is 9.02. The Bertz CT molecular complexity index is 416. The highest BCUT2D eigenvalue weighted by atomic mass is 16.5. The summed E-state index contributed by atoms with van der Waals surface area (Å²) < 4.78 is 5.50. The van der Waals surface area contributed by atoms with Gasteiger partial charge >= 0.3 is 5.97 Å². The van der Waals surface area contributed by atoms with Crippen LogP contribution in [0.5, 0.6) is 5.75 Å². The van der Waals surface area contributed by atoms with Gasteiger partial charge in [-0.25, -0.2) is 4.79 Å². The number of ether oxygens (including phenoxy) is 1. The van der Waals surface area contributed by atoms with Crippen molar-refractivity contribution in [2.24, 2.45) is 11.1 Å². The standard InChI is InChI=1S/C12H18N2O3/c1-12(2,6-13)7-17-10-8(11(15)16)4-3-5-9(10)14/h3-5H,6-7,13-14H2,1-2H3,(H,15,16). The molecule has 0 aliphatic carbocycles. The van der Waals surface area contributed by atoms with E-state index in [2.05, 4.69) is 0 Å². The van der Waals surface area contributed by atoms with Crippen LogP contribution in [-0.2, 0) is 0 Å². The number of para-hydroxylation sites is 1. The molecule has 5 nitrogen and oxygen atoms in total. The summed E-state index contributed by atoms with van der Waals surface area (Å²) in [7, 11) is 0. The molecular formula is C12H18N2O3. The fraction of sp³-hybridized carbons (Fsp3) is 0.417. The lowest BCUT2D eigenvalue weighted by molar-refractivity contribution is 0.0689. The highest BCUT2D eigenvalue weighted by Crippen LogP contribution is 2.28. The van der Waals surface area contributed by atoms with Crippen LogP contribution >= 0.6 is 0 Å². The van der Waals surface area contributed by atoms with E-state index in [9.17, 15) is 4.79 Å². The Kier molecular flexibility index (Phi) is 3.96. The lowest BCUT2D eigenvalue weighted by Crippen LogP contribution is -2.30. The van der Waals surface area contributed by atoms with E-state index in [1.165, 1.54) is 6.07 Å². The number of carbonyl (C=O) groups is 1. The monoisotopic (exact) mass is 238 g/mol. The van der Waals surface area contributed by atoms with Crippen LogP contribution in [-0.4, -0.2) is 24.2 Å². The predicted octanol–water partition coefficient (Wildman–Crippen LogP) is 1.33. The number of nitrogen functional groups attached to an aromatic ring is 1. The molecule has 0 saturated heterocycles. The number of hydrogen-bond acceptors (Lipinski definition) is 4. The Hall–Kier alpha value is -1.75. The molecule has 0 aliphatic rings. The zero-order valence-corrected chi connectivity index (χ0v) is 10.1. The van der Waals surface area contributed by atoms with Crippen LogP contribution in [0, 0.1) is 5.41 Å². The van der Waals surface area contributed by atoms with E-state index in [0.717, 1.165) is 0 Å². The van der Waals surface area contributed by atoms with Crippen molar-refractivity contribution in [3.63, 3.8) is 0 Å². The minimum atomic E-state index is -1.06. The molecule has 0 radical (unpaired) electrons. The fourth-order valence-electron chi connectivity index (χ4n) is 1.21. The molecule has 5 N–H and O–H groups in total. The van der Waals surface area contributed by atoms with E-state index in [1.54, 1.807) is 12.1 Å². The molecule has 0 aromatic heterocycles. The highest BCUT2D eigenvalue weighted by Gasteiger charge is 2.20. The minimum absolute atomic E-state index is 0.0674. The fourth-order valence-corrected chi connectivity index (χ4v) is 1.21. The van der Waals surface area contributed by atoms with Gasteiger partial charge in [-0.1, -0.05) is 19.9 Å². The van der Waals surface area contributed by atoms with Crippen molar-refractivity contribution in [1.29, 1.82) is 0 Å². The van der Waals surface area contributed by atoms with Crippen LogP contribution in [0.25, 0.3) is 0 Å². The molecule has 1 aromatic carbocycles. The van der Waals surface area contributed by atoms with Gasteiger partial charge in [-0.3, -0.25) is 0 Å². The van der Waals surface area contributed by atoms with Crippen molar-refractivity contribution in [3.8, 4) is 5.75 Å². The van der Waals surface area contributed by atoms with E-state index in [-0.39, 0.29) is 16.7 Å². The van der Waals surface area contributed by atoms with Gasteiger partial charge in [0, 0.05) is 12.0 Å². The molecule has 5 heteroatoms. The Morgan fingerprint density at radius 2 is 2.12 bits per heavy atom. The molecule has 0 aliphatic heterocycles. The number of rotatable bonds is 5. The van der Waals surface area contributed by atoms with Crippen LogP contribution < -0.4 is 16.2 Å². The number of aromatic carboxylic acids is 1. The first kappa shape index (κ1) is 13.3. The summed E-state index contributed by atoms with van der Waals surface area (Å²) in [4.78, 5) is 11.0. The van der Waals surface area contributed by atoms with E-state index in [0.29, 0.717) is 18.8 Å². The maximum Gasteiger partial charge on any atom is 0.339 e. The number of carboxylic acid groups (broad SMARTS) is 1. The topological polar surface area (TPSA) is 98.6 Å². The summed E-state index contributed by atoms with van der Waals surface area (Å²) in [5.41, 5.74) is 11.4. The third-order valence-electron chi connectivity index (χ3n) is 2.44. The Balaban J connectivity index is 2.94. The summed E-state index contributed by atoms with van der Waals surface area (Å²) in [6.07, 6.45) is 0. The lowest BCUT2D eigenvalue weighted by atomic mass is 9.95. The first-order valence-electron chi connectivity index (χ1n) is 5.32. The first-order chi connectivity index (χ1) is 7.87. The molecule has 0 atom stereocenters. The molecule has 1 rings (SSSR count). The van der Waals surface area contributed by atoms with Gasteiger partial charge in [0.2, 0.25) is 0 Å². The van der Waals surface area contributed by atoms with Crippen LogP contribution in [0.3, 0.4) is 0 Å². The van der Waals surface area contributed by atoms with Gasteiger partial charge in [-0.05, 0) is 12.1 Å². The third kappa shape index (κ3) is 3.35. The third-order valence-corrected chi connectivity index (χ3v) is 2.44. The van der Waals surface area contributed by atoms with Crippen LogP contribution in [0.2, 0.25) is 0 Å². The number of nitrogens with two attached hydrogens (primary N) is 2. The SMILES string of the molecule is CC(C)(CN)COc1c(N)cccc1C(=O)O. The van der Waals surface area contributed by atoms with Crippen molar-refractivity contribution in [3.05, 3.63) is 23.8 Å². The average Bonchev–Trinajstić information content (AvgIpc) is 2.27. The molecule has 0 bridgehead atoms. The maximum atomic E-state index is 11.0. The molecule has 0 amide bonds. The van der Waals surface area contributed by atoms with Crippen molar-refractivity contribution >= 4 is 11.7 Å². The van der Waals surface area contributed by atoms with Crippen molar-refractivity contribution < 1.29 is 14.6 Å². The summed E-state index contributed by atoms with van der Waals surface area (Å²) in [5.74, 6) is -0.848. The quantitative estimate of drug-likeness (QED) is 0.672. The van der Waals surface area contributed by atoms with Crippen LogP contribution in [0.15, 0.2) is 18.2 Å². The average molecular weight is 238 g/mol. The van der Waals surface area contributed by atoms with Crippen LogP contribution in [0.4, 0.5) is 5.69 Å². The highest BCUT2D eigenvalue weighted by molar-refractivity contribution is 5.93. The van der Waals surface area contributed by atoms with Gasteiger partial charge in [0.05, 0.1) is 12.3 Å². The number of carboxylic acids is 1. The van der Waals surface area contributed by atoms with E-state index < -0.39 is 5.97 Å². The van der Waals surface area contributed by atoms with E-state index in [4.69, 9.17) is 21.3 Å². The first-order valence-corrected chi connectivity index (χ1v) is 5.32. The number of anilines is 1. The molecule has 94 valence electrons. The Labute approximate surface area is 100 Å². The van der Waals surface area contributed by atoms with Crippen molar-refractivity contribution in [1.82, 2.24) is 0 Å². The lowest BCUT2D eigenvalue weighted by Gasteiger charge is -2.23. The summed E-state index contributed by atoms with van der Waals surface area (Å²) >= 11 is 0. The second kappa shape index (κ2) is 5.05. The van der Waals surface area contributed by atoms with Gasteiger partial charge in [0.25, 0.3) is 0 Å². The van der Waals surface area contributed by atoms with Gasteiger partial charge in [-0.2, -0.15) is 0 Å². The van der Waals surface area contributed by atoms with Gasteiger partial charge in [0.15, 0.2) is 5.75 Å². The Morgan fingerprint density at radius 1 is 1.47 bits per heavy atom. The minimum Gasteiger partial charge on any atom is -0.490 e. The number of benzene rings is 1. The molecule has 0 fully saturated rings. The second-order valence-corrected chi connectivity index (χ2v) is 4.69. The summed E-state index contributed by atoms with van der Waals surface area (Å²) in [6, 6.07) is 4.65. The maximum absolute atomic E-state index is 11.0. The predicted molar refractivity (Wildman–Crippen MR) is 66.1 cm³/mol.